The number of nitrogens with zero attached hydrogens (tertiary/aromatic N) is 1. The maximum Gasteiger partial charge on any atom is 0.358 e. The van der Waals surface area contributed by atoms with Crippen molar-refractivity contribution in [1.82, 2.24) is 4.98 Å². The van der Waals surface area contributed by atoms with Gasteiger partial charge >= 0.3 is 5.97 Å². The molecule has 1 aromatic rings. The van der Waals surface area contributed by atoms with Crippen molar-refractivity contribution in [2.45, 2.75) is 0 Å². The average Bonchev–Trinajstić information content (AvgIpc) is 2.18. The predicted octanol–water partition coefficient (Wildman–Crippen LogP) is 1.53. The van der Waals surface area contributed by atoms with E-state index in [0.29, 0.717) is 0 Å². The van der Waals surface area contributed by atoms with E-state index in [0.717, 1.165) is 7.11 Å². The lowest BCUT2D eigenvalue weighted by molar-refractivity contribution is 0.0593. The lowest BCUT2D eigenvalue weighted by Crippen LogP contribution is -2.05. The Balaban J connectivity index is 3.03. The maximum absolute atomic E-state index is 11.2. The zero-order valence-electron chi connectivity index (χ0n) is 9.70. The Kier molecular flexibility index (Phi) is 1.95. The van der Waals surface area contributed by atoms with Crippen LogP contribution in [-0.4, -0.2) is 25.1 Å². The smallest absolute Gasteiger partial charge is 0.358 e. The number of pyridine rings is 1. The van der Waals surface area contributed by atoms with Gasteiger partial charge in [0.15, 0.2) is 5.69 Å². The van der Waals surface area contributed by atoms with Crippen molar-refractivity contribution >= 4 is 17.6 Å². The molecule has 1 rings (SSSR count). The summed E-state index contributed by atoms with van der Waals surface area (Å²) >= 11 is 5.68. The molecule has 13 heavy (non-hydrogen) atoms. The van der Waals surface area contributed by atoms with Gasteiger partial charge in [0, 0.05) is 6.07 Å². The molecule has 0 radical (unpaired) electrons. The minimum atomic E-state index is -2.63. The predicted molar refractivity (Wildman–Crippen MR) is 47.1 cm³/mol. The van der Waals surface area contributed by atoms with Crippen LogP contribution < -0.4 is 4.74 Å². The van der Waals surface area contributed by atoms with Gasteiger partial charge in [0.05, 0.1) is 23.3 Å². The summed E-state index contributed by atoms with van der Waals surface area (Å²) < 4.78 is 29.5. The standard InChI is InChI=1S/C8H8ClNO3/c1-12-6-4-3-5(9)7(10-6)8(11)13-2/h3-4H,1-2H3/i1D3. The minimum Gasteiger partial charge on any atom is -0.481 e. The van der Waals surface area contributed by atoms with Gasteiger partial charge < -0.3 is 9.47 Å². The average molecular weight is 205 g/mol. The molecular formula is C8H8ClNO3. The first-order valence-corrected chi connectivity index (χ1v) is 3.65. The van der Waals surface area contributed by atoms with Gasteiger partial charge in [-0.3, -0.25) is 0 Å². The molecule has 1 heterocycles. The molecule has 5 heteroatoms. The number of ether oxygens (including phenoxy) is 2. The first kappa shape index (κ1) is 6.21. The molecule has 0 bridgehead atoms. The van der Waals surface area contributed by atoms with Crippen LogP contribution >= 0.6 is 11.6 Å². The normalized spacial score (nSPS) is 13.8. The van der Waals surface area contributed by atoms with Crippen LogP contribution in [0, 0.1) is 0 Å². The third-order valence-electron chi connectivity index (χ3n) is 1.30. The summed E-state index contributed by atoms with van der Waals surface area (Å²) in [5.41, 5.74) is -0.189. The Morgan fingerprint density at radius 1 is 1.69 bits per heavy atom. The van der Waals surface area contributed by atoms with E-state index in [1.54, 1.807) is 0 Å². The third kappa shape index (κ3) is 2.09. The van der Waals surface area contributed by atoms with Gasteiger partial charge in [-0.1, -0.05) is 11.6 Å². The molecule has 0 saturated carbocycles. The fraction of sp³-hybridized carbons (Fsp3) is 0.250. The first-order chi connectivity index (χ1) is 7.33. The Morgan fingerprint density at radius 3 is 3.08 bits per heavy atom. The summed E-state index contributed by atoms with van der Waals surface area (Å²) in [6.45, 7) is 0. The molecule has 0 atom stereocenters. The van der Waals surface area contributed by atoms with Crippen LogP contribution in [0.5, 0.6) is 5.88 Å². The zero-order valence-corrected chi connectivity index (χ0v) is 7.46. The molecule has 0 aromatic carbocycles. The highest BCUT2D eigenvalue weighted by Crippen LogP contribution is 2.18. The van der Waals surface area contributed by atoms with Crippen molar-refractivity contribution in [2.24, 2.45) is 0 Å². The van der Waals surface area contributed by atoms with Crippen molar-refractivity contribution in [1.29, 1.82) is 0 Å². The van der Waals surface area contributed by atoms with Gasteiger partial charge in [-0.25, -0.2) is 9.78 Å². The van der Waals surface area contributed by atoms with E-state index >= 15 is 0 Å². The molecule has 0 spiro atoms. The van der Waals surface area contributed by atoms with Crippen LogP contribution in [0.3, 0.4) is 0 Å². The zero-order chi connectivity index (χ0) is 12.3. The summed E-state index contributed by atoms with van der Waals surface area (Å²) in [5, 5.41) is 0.0599. The van der Waals surface area contributed by atoms with E-state index in [1.165, 1.54) is 12.1 Å². The molecule has 70 valence electrons. The van der Waals surface area contributed by atoms with E-state index in [-0.39, 0.29) is 16.6 Å². The van der Waals surface area contributed by atoms with Crippen LogP contribution in [0.1, 0.15) is 14.6 Å². The van der Waals surface area contributed by atoms with Gasteiger partial charge in [0.25, 0.3) is 0 Å². The molecule has 0 fully saturated rings. The maximum atomic E-state index is 11.2. The number of methoxy groups -OCH3 is 2. The Labute approximate surface area is 84.7 Å². The van der Waals surface area contributed by atoms with Gasteiger partial charge in [0.2, 0.25) is 5.88 Å². The monoisotopic (exact) mass is 204 g/mol. The van der Waals surface area contributed by atoms with Crippen molar-refractivity contribution in [3.8, 4) is 5.88 Å². The molecule has 0 N–H and O–H groups in total. The van der Waals surface area contributed by atoms with Gasteiger partial charge in [-0.05, 0) is 6.07 Å². The SMILES string of the molecule is [2H]C([2H])([2H])Oc1ccc(Cl)c(C(=O)OC)n1. The number of esters is 1. The molecule has 0 aliphatic heterocycles. The second-order valence-electron chi connectivity index (χ2n) is 2.07. The number of carbonyl (C=O) groups is 1. The number of halogens is 1. The Bertz CT molecular complexity index is 408. The highest BCUT2D eigenvalue weighted by molar-refractivity contribution is 6.33. The quantitative estimate of drug-likeness (QED) is 0.686. The summed E-state index contributed by atoms with van der Waals surface area (Å²) in [5.74, 6) is -0.981. The summed E-state index contributed by atoms with van der Waals surface area (Å²) in [6, 6.07) is 2.56. The van der Waals surface area contributed by atoms with E-state index in [1.807, 2.05) is 0 Å². The van der Waals surface area contributed by atoms with Gasteiger partial charge in [-0.2, -0.15) is 0 Å². The molecule has 0 aliphatic carbocycles. The highest BCUT2D eigenvalue weighted by Gasteiger charge is 2.13. The molecule has 4 nitrogen and oxygen atoms in total. The second kappa shape index (κ2) is 4.09. The Morgan fingerprint density at radius 2 is 2.46 bits per heavy atom. The minimum absolute atomic E-state index is 0.0599. The van der Waals surface area contributed by atoms with Crippen molar-refractivity contribution in [3.63, 3.8) is 0 Å². The number of aromatic nitrogens is 1. The number of rotatable bonds is 2. The van der Waals surface area contributed by atoms with Crippen molar-refractivity contribution < 1.29 is 18.4 Å². The fourth-order valence-electron chi connectivity index (χ4n) is 0.721. The van der Waals surface area contributed by atoms with Crippen LogP contribution in [0.2, 0.25) is 5.02 Å². The van der Waals surface area contributed by atoms with Crippen LogP contribution in [0.4, 0.5) is 0 Å². The van der Waals surface area contributed by atoms with E-state index < -0.39 is 13.0 Å². The fourth-order valence-corrected chi connectivity index (χ4v) is 0.903. The van der Waals surface area contributed by atoms with Gasteiger partial charge in [-0.15, -0.1) is 0 Å². The Hall–Kier alpha value is -1.29. The van der Waals surface area contributed by atoms with Crippen LogP contribution in [-0.2, 0) is 4.74 Å². The number of hydrogen-bond acceptors (Lipinski definition) is 4. The van der Waals surface area contributed by atoms with Gasteiger partial charge in [0.1, 0.15) is 0 Å². The molecular weight excluding hydrogens is 194 g/mol. The molecule has 1 aromatic heterocycles. The van der Waals surface area contributed by atoms with Crippen LogP contribution in [0.25, 0.3) is 0 Å². The van der Waals surface area contributed by atoms with Crippen LogP contribution in [0.15, 0.2) is 12.1 Å². The first-order valence-electron chi connectivity index (χ1n) is 4.77. The summed E-state index contributed by atoms with van der Waals surface area (Å²) in [6.07, 6.45) is 0. The van der Waals surface area contributed by atoms with Crippen molar-refractivity contribution in [2.75, 3.05) is 14.1 Å². The second-order valence-corrected chi connectivity index (χ2v) is 2.48. The topological polar surface area (TPSA) is 48.4 Å². The van der Waals surface area contributed by atoms with Crippen molar-refractivity contribution in [3.05, 3.63) is 22.8 Å². The van der Waals surface area contributed by atoms with E-state index in [2.05, 4.69) is 14.5 Å². The van der Waals surface area contributed by atoms with E-state index in [4.69, 9.17) is 15.7 Å². The van der Waals surface area contributed by atoms with E-state index in [9.17, 15) is 4.79 Å². The molecule has 0 saturated heterocycles. The largest absolute Gasteiger partial charge is 0.481 e. The lowest BCUT2D eigenvalue weighted by Gasteiger charge is -2.03. The highest BCUT2D eigenvalue weighted by atomic mass is 35.5. The number of hydrogen-bond donors (Lipinski definition) is 0. The number of carbonyl (C=O) groups excluding carboxylic acids is 1. The lowest BCUT2D eigenvalue weighted by atomic mass is 10.3. The molecule has 0 unspecified atom stereocenters. The summed E-state index contributed by atoms with van der Waals surface area (Å²) in [7, 11) is -1.47. The molecule has 0 aliphatic rings. The summed E-state index contributed by atoms with van der Waals surface area (Å²) in [4.78, 5) is 14.8. The third-order valence-corrected chi connectivity index (χ3v) is 1.61. The molecule has 0 amide bonds.